The molecule has 2 aliphatic rings. The minimum atomic E-state index is 0.0254. The Kier molecular flexibility index (Phi) is 5.76. The summed E-state index contributed by atoms with van der Waals surface area (Å²) in [5.74, 6) is 2.25. The zero-order valence-corrected chi connectivity index (χ0v) is 15.2. The Hall–Kier alpha value is -0.770. The molecule has 0 aromatic rings. The third kappa shape index (κ3) is 4.87. The van der Waals surface area contributed by atoms with E-state index < -0.39 is 0 Å². The van der Waals surface area contributed by atoms with E-state index in [0.29, 0.717) is 0 Å². The number of carbonyl (C=O) groups excluding carboxylic acids is 1. The first-order valence-electron chi connectivity index (χ1n) is 9.09. The molecule has 2 unspecified atom stereocenters. The molecule has 1 aliphatic carbocycles. The number of urea groups is 1. The Morgan fingerprint density at radius 3 is 2.32 bits per heavy atom. The molecule has 1 heterocycles. The van der Waals surface area contributed by atoms with Crippen molar-refractivity contribution in [2.45, 2.75) is 59.4 Å². The maximum atomic E-state index is 12.4. The van der Waals surface area contributed by atoms with E-state index >= 15 is 0 Å². The number of piperidine rings is 1. The number of likely N-dealkylation sites (tertiary alicyclic amines) is 1. The number of nitrogens with one attached hydrogen (secondary N) is 1. The quantitative estimate of drug-likeness (QED) is 0.818. The second-order valence-corrected chi connectivity index (χ2v) is 8.30. The Morgan fingerprint density at radius 2 is 1.82 bits per heavy atom. The van der Waals surface area contributed by atoms with Crippen molar-refractivity contribution in [3.63, 3.8) is 0 Å². The van der Waals surface area contributed by atoms with Crippen LogP contribution in [-0.2, 0) is 0 Å². The van der Waals surface area contributed by atoms with Gasteiger partial charge in [-0.05, 0) is 57.8 Å². The number of rotatable bonds is 6. The first-order chi connectivity index (χ1) is 10.3. The SMILES string of the molecule is CCN(CC1CC1)C(=O)NCC(C)(C)N1CC(C)CC(C)C1. The van der Waals surface area contributed by atoms with E-state index in [9.17, 15) is 4.79 Å². The highest BCUT2D eigenvalue weighted by atomic mass is 16.2. The summed E-state index contributed by atoms with van der Waals surface area (Å²) in [4.78, 5) is 16.9. The molecule has 1 aliphatic heterocycles. The van der Waals surface area contributed by atoms with Crippen LogP contribution in [-0.4, -0.2) is 54.1 Å². The van der Waals surface area contributed by atoms with E-state index in [2.05, 4.69) is 44.8 Å². The van der Waals surface area contributed by atoms with E-state index in [1.165, 1.54) is 19.3 Å². The zero-order chi connectivity index (χ0) is 16.3. The maximum Gasteiger partial charge on any atom is 0.317 e. The van der Waals surface area contributed by atoms with Gasteiger partial charge in [0.2, 0.25) is 0 Å². The van der Waals surface area contributed by atoms with Crippen LogP contribution >= 0.6 is 0 Å². The number of carbonyl (C=O) groups is 1. The maximum absolute atomic E-state index is 12.4. The van der Waals surface area contributed by atoms with Crippen LogP contribution in [0.15, 0.2) is 0 Å². The average Bonchev–Trinajstić information content (AvgIpc) is 3.25. The van der Waals surface area contributed by atoms with Gasteiger partial charge in [0, 0.05) is 38.3 Å². The largest absolute Gasteiger partial charge is 0.336 e. The fraction of sp³-hybridized carbons (Fsp3) is 0.944. The molecule has 0 spiro atoms. The van der Waals surface area contributed by atoms with Crippen LogP contribution in [0.3, 0.4) is 0 Å². The van der Waals surface area contributed by atoms with Crippen LogP contribution in [0.2, 0.25) is 0 Å². The predicted octanol–water partition coefficient (Wildman–Crippen LogP) is 3.18. The standard InChI is InChI=1S/C18H35N3O/c1-6-20(12-16-7-8-16)17(22)19-13-18(4,5)21-10-14(2)9-15(3)11-21/h14-16H,6-13H2,1-5H3,(H,19,22). The van der Waals surface area contributed by atoms with E-state index in [1.807, 2.05) is 4.90 Å². The molecule has 0 aromatic heterocycles. The molecule has 1 saturated carbocycles. The monoisotopic (exact) mass is 309 g/mol. The molecular weight excluding hydrogens is 274 g/mol. The number of hydrogen-bond acceptors (Lipinski definition) is 2. The highest BCUT2D eigenvalue weighted by molar-refractivity contribution is 5.74. The summed E-state index contributed by atoms with van der Waals surface area (Å²) in [6, 6.07) is 0.112. The van der Waals surface area contributed by atoms with Crippen molar-refractivity contribution >= 4 is 6.03 Å². The highest BCUT2D eigenvalue weighted by Crippen LogP contribution is 2.30. The molecule has 0 bridgehead atoms. The Bertz CT molecular complexity index is 369. The lowest BCUT2D eigenvalue weighted by Gasteiger charge is -2.45. The van der Waals surface area contributed by atoms with Crippen LogP contribution in [0.4, 0.5) is 4.79 Å². The van der Waals surface area contributed by atoms with E-state index in [-0.39, 0.29) is 11.6 Å². The molecule has 4 heteroatoms. The van der Waals surface area contributed by atoms with Gasteiger partial charge < -0.3 is 10.2 Å². The molecule has 4 nitrogen and oxygen atoms in total. The van der Waals surface area contributed by atoms with Gasteiger partial charge in [0.25, 0.3) is 0 Å². The summed E-state index contributed by atoms with van der Waals surface area (Å²) >= 11 is 0. The van der Waals surface area contributed by atoms with Gasteiger partial charge in [-0.3, -0.25) is 4.90 Å². The minimum absolute atomic E-state index is 0.0254. The van der Waals surface area contributed by atoms with Crippen LogP contribution in [0, 0.1) is 17.8 Å². The van der Waals surface area contributed by atoms with Gasteiger partial charge in [0.1, 0.15) is 0 Å². The van der Waals surface area contributed by atoms with Crippen molar-refractivity contribution in [3.8, 4) is 0 Å². The van der Waals surface area contributed by atoms with Crippen LogP contribution in [0.1, 0.15) is 53.9 Å². The molecule has 2 atom stereocenters. The topological polar surface area (TPSA) is 35.6 Å². The molecule has 2 amide bonds. The summed E-state index contributed by atoms with van der Waals surface area (Å²) in [5, 5.41) is 3.18. The Labute approximate surface area is 136 Å². The lowest BCUT2D eigenvalue weighted by atomic mass is 9.88. The first-order valence-corrected chi connectivity index (χ1v) is 9.09. The zero-order valence-electron chi connectivity index (χ0n) is 15.2. The van der Waals surface area contributed by atoms with Crippen LogP contribution in [0.25, 0.3) is 0 Å². The lowest BCUT2D eigenvalue weighted by molar-refractivity contribution is 0.0464. The summed E-state index contributed by atoms with van der Waals surface area (Å²) in [6.07, 6.45) is 3.90. The lowest BCUT2D eigenvalue weighted by Crippen LogP contribution is -2.57. The molecule has 2 fully saturated rings. The number of hydrogen-bond donors (Lipinski definition) is 1. The van der Waals surface area contributed by atoms with Crippen molar-refractivity contribution in [3.05, 3.63) is 0 Å². The minimum Gasteiger partial charge on any atom is -0.336 e. The molecule has 128 valence electrons. The van der Waals surface area contributed by atoms with Gasteiger partial charge in [0.15, 0.2) is 0 Å². The molecule has 0 radical (unpaired) electrons. The van der Waals surface area contributed by atoms with Gasteiger partial charge in [-0.1, -0.05) is 13.8 Å². The summed E-state index contributed by atoms with van der Waals surface area (Å²) in [6.45, 7) is 16.0. The van der Waals surface area contributed by atoms with Crippen LogP contribution in [0.5, 0.6) is 0 Å². The van der Waals surface area contributed by atoms with Crippen molar-refractivity contribution < 1.29 is 4.79 Å². The van der Waals surface area contributed by atoms with E-state index in [4.69, 9.17) is 0 Å². The Morgan fingerprint density at radius 1 is 1.23 bits per heavy atom. The molecule has 1 N–H and O–H groups in total. The second-order valence-electron chi connectivity index (χ2n) is 8.30. The molecule has 22 heavy (non-hydrogen) atoms. The van der Waals surface area contributed by atoms with Gasteiger partial charge in [-0.25, -0.2) is 4.79 Å². The van der Waals surface area contributed by atoms with Crippen molar-refractivity contribution in [2.24, 2.45) is 17.8 Å². The fourth-order valence-corrected chi connectivity index (χ4v) is 3.64. The normalized spacial score (nSPS) is 26.8. The number of amides is 2. The average molecular weight is 309 g/mol. The highest BCUT2D eigenvalue weighted by Gasteiger charge is 2.33. The van der Waals surface area contributed by atoms with Crippen molar-refractivity contribution in [2.75, 3.05) is 32.7 Å². The third-order valence-corrected chi connectivity index (χ3v) is 5.24. The van der Waals surface area contributed by atoms with E-state index in [0.717, 1.165) is 50.5 Å². The van der Waals surface area contributed by atoms with E-state index in [1.54, 1.807) is 0 Å². The summed E-state index contributed by atoms with van der Waals surface area (Å²) < 4.78 is 0. The van der Waals surface area contributed by atoms with Crippen molar-refractivity contribution in [1.82, 2.24) is 15.1 Å². The van der Waals surface area contributed by atoms with Gasteiger partial charge in [-0.2, -0.15) is 0 Å². The molecule has 2 rings (SSSR count). The predicted molar refractivity (Wildman–Crippen MR) is 92.0 cm³/mol. The Balaban J connectivity index is 1.83. The van der Waals surface area contributed by atoms with Gasteiger partial charge in [-0.15, -0.1) is 0 Å². The molecule has 0 aromatic carbocycles. The summed E-state index contributed by atoms with van der Waals surface area (Å²) in [5.41, 5.74) is 0.0254. The third-order valence-electron chi connectivity index (χ3n) is 5.24. The molecule has 1 saturated heterocycles. The summed E-state index contributed by atoms with van der Waals surface area (Å²) in [7, 11) is 0. The second kappa shape index (κ2) is 7.20. The number of nitrogens with zero attached hydrogens (tertiary/aromatic N) is 2. The van der Waals surface area contributed by atoms with Gasteiger partial charge in [0.05, 0.1) is 0 Å². The smallest absolute Gasteiger partial charge is 0.317 e. The first kappa shape index (κ1) is 17.6. The van der Waals surface area contributed by atoms with Crippen molar-refractivity contribution in [1.29, 1.82) is 0 Å². The fourth-order valence-electron chi connectivity index (χ4n) is 3.64. The molecular formula is C18H35N3O. The van der Waals surface area contributed by atoms with Crippen LogP contribution < -0.4 is 5.32 Å². The van der Waals surface area contributed by atoms with Gasteiger partial charge >= 0.3 is 6.03 Å².